The Kier molecular flexibility index (Phi) is 4.32. The van der Waals surface area contributed by atoms with Gasteiger partial charge >= 0.3 is 6.18 Å². The number of halogens is 4. The van der Waals surface area contributed by atoms with Gasteiger partial charge in [0.1, 0.15) is 5.82 Å². The predicted octanol–water partition coefficient (Wildman–Crippen LogP) is 3.73. The van der Waals surface area contributed by atoms with Crippen molar-refractivity contribution in [1.82, 2.24) is 0 Å². The molecule has 2 aromatic carbocycles. The molecule has 2 aromatic rings. The van der Waals surface area contributed by atoms with Gasteiger partial charge in [-0.15, -0.1) is 0 Å². The van der Waals surface area contributed by atoms with E-state index < -0.39 is 28.4 Å². The first-order chi connectivity index (χ1) is 9.75. The smallest absolute Gasteiger partial charge is 0.399 e. The lowest BCUT2D eigenvalue weighted by Crippen LogP contribution is -2.06. The molecule has 0 aliphatic carbocycles. The molecular formula is C14H11F4NOS. The van der Waals surface area contributed by atoms with E-state index in [9.17, 15) is 21.8 Å². The Morgan fingerprint density at radius 1 is 1.10 bits per heavy atom. The van der Waals surface area contributed by atoms with Gasteiger partial charge in [-0.05, 0) is 42.0 Å². The molecule has 21 heavy (non-hydrogen) atoms. The second kappa shape index (κ2) is 5.85. The van der Waals surface area contributed by atoms with Gasteiger partial charge in [0.05, 0.1) is 22.1 Å². The maximum Gasteiger partial charge on any atom is 0.416 e. The third kappa shape index (κ3) is 4.04. The zero-order valence-electron chi connectivity index (χ0n) is 10.7. The number of alkyl halides is 3. The Hall–Kier alpha value is -1.89. The molecule has 0 amide bonds. The fraction of sp³-hybridized carbons (Fsp3) is 0.143. The van der Waals surface area contributed by atoms with Crippen LogP contribution in [0.2, 0.25) is 0 Å². The summed E-state index contributed by atoms with van der Waals surface area (Å²) < 4.78 is 63.1. The van der Waals surface area contributed by atoms with E-state index in [1.54, 1.807) is 0 Å². The first kappa shape index (κ1) is 15.5. The van der Waals surface area contributed by atoms with Gasteiger partial charge in [-0.2, -0.15) is 13.2 Å². The van der Waals surface area contributed by atoms with Crippen molar-refractivity contribution in [3.63, 3.8) is 0 Å². The quantitative estimate of drug-likeness (QED) is 0.692. The Bertz CT molecular complexity index is 665. The largest absolute Gasteiger partial charge is 0.416 e. The van der Waals surface area contributed by atoms with Crippen LogP contribution in [0.4, 0.5) is 23.2 Å². The highest BCUT2D eigenvalue weighted by Gasteiger charge is 2.30. The molecule has 0 heterocycles. The number of rotatable bonds is 3. The van der Waals surface area contributed by atoms with Gasteiger partial charge in [-0.1, -0.05) is 6.07 Å². The highest BCUT2D eigenvalue weighted by Crippen LogP contribution is 2.30. The van der Waals surface area contributed by atoms with Crippen molar-refractivity contribution in [2.75, 3.05) is 5.73 Å². The summed E-state index contributed by atoms with van der Waals surface area (Å²) in [7, 11) is -1.72. The number of hydrogen-bond acceptors (Lipinski definition) is 2. The molecule has 0 aromatic heterocycles. The van der Waals surface area contributed by atoms with Crippen LogP contribution in [0.15, 0.2) is 47.4 Å². The molecule has 2 rings (SSSR count). The second-order valence-electron chi connectivity index (χ2n) is 4.41. The van der Waals surface area contributed by atoms with Crippen LogP contribution < -0.4 is 5.73 Å². The summed E-state index contributed by atoms with van der Waals surface area (Å²) in [6.07, 6.45) is -4.50. The van der Waals surface area contributed by atoms with Crippen molar-refractivity contribution in [3.8, 4) is 0 Å². The van der Waals surface area contributed by atoms with Gasteiger partial charge in [-0.3, -0.25) is 4.21 Å². The van der Waals surface area contributed by atoms with Gasteiger partial charge in [0.2, 0.25) is 0 Å². The van der Waals surface area contributed by atoms with Crippen LogP contribution in [-0.2, 0) is 22.7 Å². The summed E-state index contributed by atoms with van der Waals surface area (Å²) in [6, 6.07) is 7.97. The maximum absolute atomic E-state index is 13.2. The van der Waals surface area contributed by atoms with E-state index in [1.807, 2.05) is 0 Å². The molecule has 112 valence electrons. The molecular weight excluding hydrogens is 306 g/mol. The van der Waals surface area contributed by atoms with E-state index in [2.05, 4.69) is 0 Å². The lowest BCUT2D eigenvalue weighted by atomic mass is 10.2. The minimum atomic E-state index is -4.50. The molecule has 0 radical (unpaired) electrons. The van der Waals surface area contributed by atoms with E-state index in [1.165, 1.54) is 18.2 Å². The minimum Gasteiger partial charge on any atom is -0.399 e. The second-order valence-corrected chi connectivity index (χ2v) is 5.86. The molecule has 0 aliphatic rings. The first-order valence-electron chi connectivity index (χ1n) is 5.86. The van der Waals surface area contributed by atoms with Crippen molar-refractivity contribution in [1.29, 1.82) is 0 Å². The van der Waals surface area contributed by atoms with E-state index in [0.717, 1.165) is 24.3 Å². The molecule has 2 N–H and O–H groups in total. The number of hydrogen-bond donors (Lipinski definition) is 1. The summed E-state index contributed by atoms with van der Waals surface area (Å²) in [5, 5.41) is 0. The van der Waals surface area contributed by atoms with Crippen LogP contribution in [0.5, 0.6) is 0 Å². The van der Waals surface area contributed by atoms with Crippen LogP contribution >= 0.6 is 0 Å². The fourth-order valence-electron chi connectivity index (χ4n) is 1.81. The first-order valence-corrected chi connectivity index (χ1v) is 7.18. The van der Waals surface area contributed by atoms with Gasteiger partial charge in [0.25, 0.3) is 0 Å². The van der Waals surface area contributed by atoms with Gasteiger partial charge < -0.3 is 5.73 Å². The molecule has 0 bridgehead atoms. The highest BCUT2D eigenvalue weighted by molar-refractivity contribution is 7.84. The molecule has 1 unspecified atom stereocenters. The number of nitrogen functional groups attached to an aromatic ring is 1. The van der Waals surface area contributed by atoms with E-state index in [0.29, 0.717) is 5.56 Å². The van der Waals surface area contributed by atoms with Gasteiger partial charge in [0.15, 0.2) is 0 Å². The molecule has 2 nitrogen and oxygen atoms in total. The summed E-state index contributed by atoms with van der Waals surface area (Å²) in [5.74, 6) is -0.686. The summed E-state index contributed by atoms with van der Waals surface area (Å²) in [4.78, 5) is 0.0349. The van der Waals surface area contributed by atoms with E-state index >= 15 is 0 Å². The molecule has 0 saturated carbocycles. The van der Waals surface area contributed by atoms with Gasteiger partial charge in [0, 0.05) is 10.6 Å². The Morgan fingerprint density at radius 3 is 2.43 bits per heavy atom. The molecule has 1 atom stereocenters. The molecule has 0 fully saturated rings. The van der Waals surface area contributed by atoms with Gasteiger partial charge in [-0.25, -0.2) is 4.39 Å². The average Bonchev–Trinajstić information content (AvgIpc) is 2.36. The lowest BCUT2D eigenvalue weighted by molar-refractivity contribution is -0.137. The maximum atomic E-state index is 13.2. The van der Waals surface area contributed by atoms with Crippen LogP contribution in [-0.4, -0.2) is 4.21 Å². The van der Waals surface area contributed by atoms with E-state index in [-0.39, 0.29) is 16.3 Å². The number of anilines is 1. The number of benzene rings is 2. The van der Waals surface area contributed by atoms with E-state index in [4.69, 9.17) is 5.73 Å². The molecule has 0 aliphatic heterocycles. The zero-order valence-corrected chi connectivity index (χ0v) is 11.5. The molecule has 0 spiro atoms. The molecule has 0 saturated heterocycles. The Morgan fingerprint density at radius 2 is 1.81 bits per heavy atom. The van der Waals surface area contributed by atoms with Crippen LogP contribution in [0.3, 0.4) is 0 Å². The van der Waals surface area contributed by atoms with Crippen molar-refractivity contribution in [3.05, 3.63) is 59.4 Å². The third-order valence-electron chi connectivity index (χ3n) is 2.70. The minimum absolute atomic E-state index is 0.0349. The molecule has 7 heteroatoms. The van der Waals surface area contributed by atoms with Crippen LogP contribution in [0, 0.1) is 5.82 Å². The highest BCUT2D eigenvalue weighted by atomic mass is 32.2. The van der Waals surface area contributed by atoms with Crippen molar-refractivity contribution in [2.45, 2.75) is 16.8 Å². The Labute approximate surface area is 121 Å². The zero-order chi connectivity index (χ0) is 15.6. The fourth-order valence-corrected chi connectivity index (χ4v) is 2.93. The topological polar surface area (TPSA) is 43.1 Å². The monoisotopic (exact) mass is 317 g/mol. The van der Waals surface area contributed by atoms with Crippen LogP contribution in [0.25, 0.3) is 0 Å². The lowest BCUT2D eigenvalue weighted by Gasteiger charge is -2.09. The predicted molar refractivity (Wildman–Crippen MR) is 72.4 cm³/mol. The van der Waals surface area contributed by atoms with Crippen LogP contribution in [0.1, 0.15) is 11.1 Å². The van der Waals surface area contributed by atoms with Crippen molar-refractivity contribution in [2.24, 2.45) is 0 Å². The SMILES string of the molecule is Nc1cc(F)cc(CS(=O)c2cccc(C(F)(F)F)c2)c1. The summed E-state index contributed by atoms with van der Waals surface area (Å²) >= 11 is 0. The normalized spacial score (nSPS) is 13.1. The summed E-state index contributed by atoms with van der Waals surface area (Å²) in [6.45, 7) is 0. The third-order valence-corrected chi connectivity index (χ3v) is 4.08. The van der Waals surface area contributed by atoms with Crippen molar-refractivity contribution >= 4 is 16.5 Å². The summed E-state index contributed by atoms with van der Waals surface area (Å²) in [5.41, 5.74) is 5.14. The van der Waals surface area contributed by atoms with Crippen molar-refractivity contribution < 1.29 is 21.8 Å². The standard InChI is InChI=1S/C14H11F4NOS/c15-11-4-9(5-12(19)7-11)8-21(20)13-3-1-2-10(6-13)14(16,17)18/h1-7H,8,19H2. The number of nitrogens with two attached hydrogens (primary N) is 1. The average molecular weight is 317 g/mol. The Balaban J connectivity index is 2.24.